The minimum atomic E-state index is -4.63. The van der Waals surface area contributed by atoms with Crippen LogP contribution in [-0.4, -0.2) is 71.6 Å². The highest BCUT2D eigenvalue weighted by molar-refractivity contribution is 5.81. The molecule has 0 saturated carbocycles. The fourth-order valence-electron chi connectivity index (χ4n) is 4.73. The normalized spacial score (nSPS) is 22.4. The maximum atomic E-state index is 13.4. The summed E-state index contributed by atoms with van der Waals surface area (Å²) in [6.45, 7) is 1.54. The van der Waals surface area contributed by atoms with Crippen LogP contribution >= 0.6 is 0 Å². The molecule has 3 aliphatic heterocycles. The molecule has 37 heavy (non-hydrogen) atoms. The third kappa shape index (κ3) is 6.02. The molecule has 0 spiro atoms. The Morgan fingerprint density at radius 1 is 1.11 bits per heavy atom. The van der Waals surface area contributed by atoms with E-state index in [0.717, 1.165) is 24.3 Å². The predicted molar refractivity (Wildman–Crippen MR) is 120 cm³/mol. The third-order valence-electron chi connectivity index (χ3n) is 6.69. The lowest BCUT2D eigenvalue weighted by atomic mass is 9.88. The van der Waals surface area contributed by atoms with Crippen LogP contribution in [0.3, 0.4) is 0 Å². The predicted octanol–water partition coefficient (Wildman–Crippen LogP) is 4.03. The number of likely N-dealkylation sites (tertiary alicyclic amines) is 2. The fraction of sp³-hybridized carbons (Fsp3) is 0.480. The van der Waals surface area contributed by atoms with E-state index >= 15 is 0 Å². The third-order valence-corrected chi connectivity index (χ3v) is 6.69. The summed E-state index contributed by atoms with van der Waals surface area (Å²) in [7, 11) is 0. The monoisotopic (exact) mass is 523 g/mol. The van der Waals surface area contributed by atoms with Gasteiger partial charge in [-0.1, -0.05) is 0 Å². The van der Waals surface area contributed by atoms with Crippen molar-refractivity contribution in [2.75, 3.05) is 32.8 Å². The van der Waals surface area contributed by atoms with Gasteiger partial charge in [0.2, 0.25) is 5.88 Å². The van der Waals surface area contributed by atoms with Crippen molar-refractivity contribution < 1.29 is 41.4 Å². The average Bonchev–Trinajstić information content (AvgIpc) is 2.83. The van der Waals surface area contributed by atoms with Crippen molar-refractivity contribution in [2.24, 2.45) is 5.92 Å². The summed E-state index contributed by atoms with van der Waals surface area (Å²) in [6.07, 6.45) is -3.87. The molecule has 2 atom stereocenters. The molecule has 0 radical (unpaired) electrons. The molecular formula is C25H25F4N3O5. The van der Waals surface area contributed by atoms with Gasteiger partial charge < -0.3 is 24.0 Å². The highest BCUT2D eigenvalue weighted by Crippen LogP contribution is 2.33. The van der Waals surface area contributed by atoms with Crippen LogP contribution in [0.15, 0.2) is 36.4 Å². The van der Waals surface area contributed by atoms with E-state index in [9.17, 15) is 27.2 Å². The Hall–Kier alpha value is -3.25. The number of carbonyl (C=O) groups excluding carboxylic acids is 2. The van der Waals surface area contributed by atoms with Crippen molar-refractivity contribution >= 4 is 11.8 Å². The highest BCUT2D eigenvalue weighted by Gasteiger charge is 2.40. The minimum absolute atomic E-state index is 0.00517. The molecule has 3 saturated heterocycles. The molecule has 1 aromatic carbocycles. The van der Waals surface area contributed by atoms with E-state index in [1.54, 1.807) is 9.80 Å². The number of pyridine rings is 1. The number of ketones is 1. The molecule has 5 rings (SSSR count). The quantitative estimate of drug-likeness (QED) is 0.551. The number of rotatable bonds is 5. The number of Topliss-reactive ketones (excluding diaryl/α,β-unsaturated/α-hetero) is 1. The summed E-state index contributed by atoms with van der Waals surface area (Å²) in [4.78, 5) is 32.0. The van der Waals surface area contributed by atoms with Crippen LogP contribution in [0.25, 0.3) is 0 Å². The number of amides is 2. The van der Waals surface area contributed by atoms with Crippen LogP contribution < -0.4 is 4.74 Å². The Kier molecular flexibility index (Phi) is 7.04. The SMILES string of the molecule is O=C1CO[C@H]2CCN(C(=O)N3CC(OCc4cc(C(F)(F)F)cc(Oc5ccc(F)cc5)n4)C3)C[C@H]2C1. The Morgan fingerprint density at radius 2 is 1.86 bits per heavy atom. The Labute approximate surface area is 210 Å². The number of urea groups is 1. The van der Waals surface area contributed by atoms with E-state index in [1.165, 1.54) is 12.1 Å². The first-order chi connectivity index (χ1) is 17.6. The van der Waals surface area contributed by atoms with Gasteiger partial charge in [-0.2, -0.15) is 13.2 Å². The molecule has 3 aliphatic rings. The first-order valence-corrected chi connectivity index (χ1v) is 11.9. The van der Waals surface area contributed by atoms with Gasteiger partial charge in [0, 0.05) is 31.5 Å². The summed E-state index contributed by atoms with van der Waals surface area (Å²) in [6, 6.07) is 6.33. The van der Waals surface area contributed by atoms with Crippen molar-refractivity contribution in [3.8, 4) is 11.6 Å². The molecule has 198 valence electrons. The molecule has 4 heterocycles. The van der Waals surface area contributed by atoms with Gasteiger partial charge in [-0.05, 0) is 36.8 Å². The maximum absolute atomic E-state index is 13.4. The molecule has 3 fully saturated rings. The Bertz CT molecular complexity index is 1150. The molecule has 12 heteroatoms. The van der Waals surface area contributed by atoms with Crippen molar-refractivity contribution in [3.63, 3.8) is 0 Å². The van der Waals surface area contributed by atoms with Crippen LogP contribution in [0.5, 0.6) is 11.6 Å². The first-order valence-electron chi connectivity index (χ1n) is 11.9. The molecule has 2 aromatic rings. The van der Waals surface area contributed by atoms with Gasteiger partial charge in [0.05, 0.1) is 43.2 Å². The van der Waals surface area contributed by atoms with Gasteiger partial charge in [-0.25, -0.2) is 14.2 Å². The van der Waals surface area contributed by atoms with Crippen molar-refractivity contribution in [1.82, 2.24) is 14.8 Å². The zero-order valence-electron chi connectivity index (χ0n) is 19.7. The number of nitrogens with zero attached hydrogens (tertiary/aromatic N) is 3. The van der Waals surface area contributed by atoms with Crippen LogP contribution in [-0.2, 0) is 27.1 Å². The Balaban J connectivity index is 1.15. The van der Waals surface area contributed by atoms with Gasteiger partial charge >= 0.3 is 12.2 Å². The molecule has 2 amide bonds. The lowest BCUT2D eigenvalue weighted by molar-refractivity contribution is -0.140. The van der Waals surface area contributed by atoms with E-state index < -0.39 is 17.6 Å². The zero-order chi connectivity index (χ0) is 26.2. The van der Waals surface area contributed by atoms with Crippen LogP contribution in [0.4, 0.5) is 22.4 Å². The summed E-state index contributed by atoms with van der Waals surface area (Å²) in [5.74, 6) is -0.609. The van der Waals surface area contributed by atoms with E-state index in [1.807, 2.05) is 0 Å². The topological polar surface area (TPSA) is 81.2 Å². The fourth-order valence-corrected chi connectivity index (χ4v) is 4.73. The molecule has 0 N–H and O–H groups in total. The standard InChI is InChI=1S/C25H25F4N3O5/c26-17-1-3-20(4-2-17)37-23-9-16(25(27,28)29)8-18(30-23)13-35-21-11-32(12-21)24(34)31-6-5-22-15(10-31)7-19(33)14-36-22/h1-4,8-9,15,21-22H,5-7,10-14H2/t15-,22+/m1/s1. The maximum Gasteiger partial charge on any atom is 0.416 e. The number of carbonyl (C=O) groups is 2. The van der Waals surface area contributed by atoms with E-state index in [4.69, 9.17) is 14.2 Å². The van der Waals surface area contributed by atoms with Crippen LogP contribution in [0.1, 0.15) is 24.1 Å². The number of piperidine rings is 1. The number of fused-ring (bicyclic) bond motifs is 1. The molecule has 0 unspecified atom stereocenters. The molecule has 8 nitrogen and oxygen atoms in total. The second kappa shape index (κ2) is 10.3. The van der Waals surface area contributed by atoms with Gasteiger partial charge in [0.1, 0.15) is 18.2 Å². The number of ether oxygens (including phenoxy) is 3. The van der Waals surface area contributed by atoms with Gasteiger partial charge in [0.25, 0.3) is 0 Å². The second-order valence-electron chi connectivity index (χ2n) is 9.45. The number of benzene rings is 1. The smallest absolute Gasteiger partial charge is 0.416 e. The van der Waals surface area contributed by atoms with E-state index in [-0.39, 0.29) is 60.5 Å². The van der Waals surface area contributed by atoms with Gasteiger partial charge in [-0.15, -0.1) is 0 Å². The van der Waals surface area contributed by atoms with Gasteiger partial charge in [0.15, 0.2) is 5.78 Å². The largest absolute Gasteiger partial charge is 0.439 e. The van der Waals surface area contributed by atoms with Crippen molar-refractivity contribution in [3.05, 3.63) is 53.5 Å². The molecule has 1 aromatic heterocycles. The zero-order valence-corrected chi connectivity index (χ0v) is 19.7. The first kappa shape index (κ1) is 25.4. The molecular weight excluding hydrogens is 498 g/mol. The highest BCUT2D eigenvalue weighted by atomic mass is 19.4. The number of hydrogen-bond donors (Lipinski definition) is 0. The summed E-state index contributed by atoms with van der Waals surface area (Å²) < 4.78 is 70.0. The van der Waals surface area contributed by atoms with Crippen LogP contribution in [0, 0.1) is 11.7 Å². The number of alkyl halides is 3. The minimum Gasteiger partial charge on any atom is -0.439 e. The molecule has 0 bridgehead atoms. The van der Waals surface area contributed by atoms with E-state index in [2.05, 4.69) is 4.98 Å². The summed E-state index contributed by atoms with van der Waals surface area (Å²) in [5.41, 5.74) is -0.932. The number of hydrogen-bond acceptors (Lipinski definition) is 6. The van der Waals surface area contributed by atoms with Crippen molar-refractivity contribution in [1.29, 1.82) is 0 Å². The van der Waals surface area contributed by atoms with Crippen LogP contribution in [0.2, 0.25) is 0 Å². The Morgan fingerprint density at radius 3 is 2.59 bits per heavy atom. The number of halogens is 4. The second-order valence-corrected chi connectivity index (χ2v) is 9.45. The molecule has 0 aliphatic carbocycles. The van der Waals surface area contributed by atoms with Gasteiger partial charge in [-0.3, -0.25) is 4.79 Å². The summed E-state index contributed by atoms with van der Waals surface area (Å²) >= 11 is 0. The van der Waals surface area contributed by atoms with E-state index in [0.29, 0.717) is 39.0 Å². The van der Waals surface area contributed by atoms with Crippen molar-refractivity contribution in [2.45, 2.75) is 37.8 Å². The number of aromatic nitrogens is 1. The lowest BCUT2D eigenvalue weighted by Crippen LogP contribution is -2.61. The average molecular weight is 523 g/mol. The summed E-state index contributed by atoms with van der Waals surface area (Å²) in [5, 5.41) is 0. The lowest BCUT2D eigenvalue weighted by Gasteiger charge is -2.45.